The molecule has 0 fully saturated rings. The second-order valence-electron chi connectivity index (χ2n) is 5.75. The van der Waals surface area contributed by atoms with E-state index in [1.807, 2.05) is 35.7 Å². The molecule has 6 nitrogen and oxygen atoms in total. The van der Waals surface area contributed by atoms with Crippen LogP contribution in [0.1, 0.15) is 0 Å². The first-order chi connectivity index (χ1) is 13.2. The van der Waals surface area contributed by atoms with Crippen molar-refractivity contribution in [2.24, 2.45) is 0 Å². The third-order valence-electron chi connectivity index (χ3n) is 4.04. The molecule has 0 atom stereocenters. The van der Waals surface area contributed by atoms with Gasteiger partial charge in [0.15, 0.2) is 5.13 Å². The lowest BCUT2D eigenvalue weighted by Gasteiger charge is -2.05. The van der Waals surface area contributed by atoms with E-state index in [9.17, 15) is 4.79 Å². The molecule has 0 saturated heterocycles. The molecule has 0 unspecified atom stereocenters. The maximum absolute atomic E-state index is 12.4. The fourth-order valence-corrected chi connectivity index (χ4v) is 3.42. The number of hydrogen-bond acceptors (Lipinski definition) is 7. The smallest absolute Gasteiger partial charge is 0.345 e. The predicted molar refractivity (Wildman–Crippen MR) is 106 cm³/mol. The van der Waals surface area contributed by atoms with Crippen LogP contribution in [0, 0.1) is 0 Å². The summed E-state index contributed by atoms with van der Waals surface area (Å²) in [6.45, 7) is 0. The summed E-state index contributed by atoms with van der Waals surface area (Å²) in [6.07, 6.45) is 0. The topological polar surface area (TPSA) is 73.6 Å². The molecular formula is C20H16N2O4S. The molecule has 27 heavy (non-hydrogen) atoms. The summed E-state index contributed by atoms with van der Waals surface area (Å²) in [5.74, 6) is 1.45. The van der Waals surface area contributed by atoms with Gasteiger partial charge < -0.3 is 19.2 Å². The van der Waals surface area contributed by atoms with Crippen LogP contribution in [0.4, 0.5) is 10.8 Å². The Kier molecular flexibility index (Phi) is 4.52. The van der Waals surface area contributed by atoms with Gasteiger partial charge in [-0.1, -0.05) is 6.07 Å². The lowest BCUT2D eigenvalue weighted by Crippen LogP contribution is -2.03. The van der Waals surface area contributed by atoms with Crippen LogP contribution in [-0.4, -0.2) is 19.2 Å². The van der Waals surface area contributed by atoms with Crippen LogP contribution in [0.15, 0.2) is 63.1 Å². The molecule has 0 spiro atoms. The van der Waals surface area contributed by atoms with E-state index < -0.39 is 5.63 Å². The van der Waals surface area contributed by atoms with E-state index in [0.29, 0.717) is 27.7 Å². The van der Waals surface area contributed by atoms with Gasteiger partial charge in [0.1, 0.15) is 17.1 Å². The first kappa shape index (κ1) is 17.1. The van der Waals surface area contributed by atoms with E-state index in [1.165, 1.54) is 11.3 Å². The van der Waals surface area contributed by atoms with E-state index in [0.717, 1.165) is 16.8 Å². The van der Waals surface area contributed by atoms with Gasteiger partial charge in [0.05, 0.1) is 25.5 Å². The summed E-state index contributed by atoms with van der Waals surface area (Å²) >= 11 is 1.41. The van der Waals surface area contributed by atoms with Crippen LogP contribution >= 0.6 is 11.3 Å². The lowest BCUT2D eigenvalue weighted by molar-refractivity contribution is 0.415. The van der Waals surface area contributed by atoms with E-state index in [-0.39, 0.29) is 0 Å². The quantitative estimate of drug-likeness (QED) is 0.507. The molecular weight excluding hydrogens is 364 g/mol. The number of nitrogens with zero attached hydrogens (tertiary/aromatic N) is 1. The number of rotatable bonds is 5. The van der Waals surface area contributed by atoms with Crippen molar-refractivity contribution in [3.8, 4) is 22.8 Å². The van der Waals surface area contributed by atoms with Crippen molar-refractivity contribution in [3.63, 3.8) is 0 Å². The Labute approximate surface area is 159 Å². The molecule has 0 radical (unpaired) electrons. The Balaban J connectivity index is 1.67. The van der Waals surface area contributed by atoms with Gasteiger partial charge >= 0.3 is 5.63 Å². The van der Waals surface area contributed by atoms with Gasteiger partial charge in [-0.05, 0) is 36.4 Å². The number of ether oxygens (including phenoxy) is 2. The molecule has 0 aliphatic heterocycles. The molecule has 1 N–H and O–H groups in total. The van der Waals surface area contributed by atoms with Crippen LogP contribution in [0.25, 0.3) is 22.2 Å². The number of fused-ring (bicyclic) bond motifs is 1. The largest absolute Gasteiger partial charge is 0.497 e. The molecule has 7 heteroatoms. The van der Waals surface area contributed by atoms with Crippen molar-refractivity contribution in [1.82, 2.24) is 4.98 Å². The van der Waals surface area contributed by atoms with E-state index >= 15 is 0 Å². The van der Waals surface area contributed by atoms with Crippen molar-refractivity contribution < 1.29 is 13.9 Å². The zero-order valence-electron chi connectivity index (χ0n) is 14.7. The monoisotopic (exact) mass is 380 g/mol. The van der Waals surface area contributed by atoms with Crippen molar-refractivity contribution in [2.45, 2.75) is 0 Å². The number of methoxy groups -OCH3 is 2. The molecule has 0 aliphatic rings. The van der Waals surface area contributed by atoms with Gasteiger partial charge in [0, 0.05) is 22.5 Å². The molecule has 4 rings (SSSR count). The van der Waals surface area contributed by atoms with Gasteiger partial charge in [0.25, 0.3) is 0 Å². The van der Waals surface area contributed by atoms with Crippen LogP contribution in [0.2, 0.25) is 0 Å². The Bertz CT molecular complexity index is 1170. The first-order valence-corrected chi connectivity index (χ1v) is 9.03. The molecule has 2 heterocycles. The first-order valence-electron chi connectivity index (χ1n) is 8.15. The van der Waals surface area contributed by atoms with E-state index in [2.05, 4.69) is 10.3 Å². The number of nitrogens with one attached hydrogen (secondary N) is 1. The average Bonchev–Trinajstić information content (AvgIpc) is 3.15. The number of hydrogen-bond donors (Lipinski definition) is 1. The van der Waals surface area contributed by atoms with Gasteiger partial charge in [-0.15, -0.1) is 11.3 Å². The molecule has 0 saturated carbocycles. The van der Waals surface area contributed by atoms with Gasteiger partial charge in [-0.3, -0.25) is 0 Å². The highest BCUT2D eigenvalue weighted by Gasteiger charge is 2.12. The lowest BCUT2D eigenvalue weighted by atomic mass is 10.1. The highest BCUT2D eigenvalue weighted by molar-refractivity contribution is 7.14. The average molecular weight is 380 g/mol. The summed E-state index contributed by atoms with van der Waals surface area (Å²) in [7, 11) is 3.22. The van der Waals surface area contributed by atoms with Crippen molar-refractivity contribution in [1.29, 1.82) is 0 Å². The second kappa shape index (κ2) is 7.13. The van der Waals surface area contributed by atoms with Crippen molar-refractivity contribution in [3.05, 3.63) is 64.3 Å². The molecule has 136 valence electrons. The highest BCUT2D eigenvalue weighted by Crippen LogP contribution is 2.29. The summed E-state index contributed by atoms with van der Waals surface area (Å²) < 4.78 is 15.9. The number of aromatic nitrogens is 1. The second-order valence-corrected chi connectivity index (χ2v) is 6.60. The van der Waals surface area contributed by atoms with Gasteiger partial charge in [-0.2, -0.15) is 0 Å². The molecule has 0 aliphatic carbocycles. The number of benzene rings is 2. The molecule has 2 aromatic heterocycles. The Morgan fingerprint density at radius 1 is 1.04 bits per heavy atom. The SMILES string of the molecule is COc1cccc(Nc2nc(-c3cc4cc(OC)ccc4oc3=O)cs2)c1. The fraction of sp³-hybridized carbons (Fsp3) is 0.100. The Morgan fingerprint density at radius 2 is 1.85 bits per heavy atom. The van der Waals surface area contributed by atoms with Crippen LogP contribution in [0.5, 0.6) is 11.5 Å². The molecule has 0 bridgehead atoms. The zero-order chi connectivity index (χ0) is 18.8. The minimum Gasteiger partial charge on any atom is -0.497 e. The highest BCUT2D eigenvalue weighted by atomic mass is 32.1. The predicted octanol–water partition coefficient (Wildman–Crippen LogP) is 4.68. The van der Waals surface area contributed by atoms with Crippen molar-refractivity contribution in [2.75, 3.05) is 19.5 Å². The minimum absolute atomic E-state index is 0.408. The third-order valence-corrected chi connectivity index (χ3v) is 4.80. The summed E-state index contributed by atoms with van der Waals surface area (Å²) in [4.78, 5) is 16.9. The molecule has 0 amide bonds. The van der Waals surface area contributed by atoms with Gasteiger partial charge in [0.2, 0.25) is 0 Å². The summed E-state index contributed by atoms with van der Waals surface area (Å²) in [5.41, 5.74) is 1.90. The van der Waals surface area contributed by atoms with Crippen LogP contribution in [0.3, 0.4) is 0 Å². The number of thiazole rings is 1. The fourth-order valence-electron chi connectivity index (χ4n) is 2.69. The Morgan fingerprint density at radius 3 is 2.67 bits per heavy atom. The maximum atomic E-state index is 12.4. The standard InChI is InChI=1S/C20H16N2O4S/c1-24-14-5-3-4-13(10-14)21-20-22-17(11-27-20)16-9-12-8-15(25-2)6-7-18(12)26-19(16)23/h3-11H,1-2H3,(H,21,22). The third kappa shape index (κ3) is 3.50. The zero-order valence-corrected chi connectivity index (χ0v) is 15.5. The van der Waals surface area contributed by atoms with Gasteiger partial charge in [-0.25, -0.2) is 9.78 Å². The summed E-state index contributed by atoms with van der Waals surface area (Å²) in [6, 6.07) is 14.6. The van der Waals surface area contributed by atoms with E-state index in [1.54, 1.807) is 32.4 Å². The normalized spacial score (nSPS) is 10.7. The minimum atomic E-state index is -0.425. The Hall–Kier alpha value is -3.32. The van der Waals surface area contributed by atoms with Crippen LogP contribution < -0.4 is 20.4 Å². The molecule has 4 aromatic rings. The van der Waals surface area contributed by atoms with Crippen molar-refractivity contribution >= 4 is 33.1 Å². The maximum Gasteiger partial charge on any atom is 0.345 e. The molecule has 2 aromatic carbocycles. The van der Waals surface area contributed by atoms with E-state index in [4.69, 9.17) is 13.9 Å². The summed E-state index contributed by atoms with van der Waals surface area (Å²) in [5, 5.41) is 6.49. The van der Waals surface area contributed by atoms with Crippen LogP contribution in [-0.2, 0) is 0 Å². The number of anilines is 2.